The number of Topliss-reactive ketones (excluding diaryl/α,β-unsaturated/α-hetero) is 1. The van der Waals surface area contributed by atoms with Gasteiger partial charge in [-0.25, -0.2) is 0 Å². The monoisotopic (exact) mass is 410 g/mol. The lowest BCUT2D eigenvalue weighted by Gasteiger charge is -2.10. The van der Waals surface area contributed by atoms with Crippen molar-refractivity contribution in [2.75, 3.05) is 0 Å². The van der Waals surface area contributed by atoms with Crippen LogP contribution in [0.4, 0.5) is 0 Å². The molecule has 1 aliphatic heterocycles. The number of ketones is 1. The van der Waals surface area contributed by atoms with Crippen molar-refractivity contribution in [3.8, 4) is 11.5 Å². The maximum absolute atomic E-state index is 12.6. The molecule has 0 amide bonds. The third-order valence-electron chi connectivity index (χ3n) is 4.56. The maximum Gasteiger partial charge on any atom is 0.231 e. The Balaban J connectivity index is 1.55. The first-order valence-electron chi connectivity index (χ1n) is 8.72. The minimum atomic E-state index is -0.140. The van der Waals surface area contributed by atoms with E-state index in [1.807, 2.05) is 31.2 Å². The Bertz CT molecular complexity index is 1080. The molecule has 0 radical (unpaired) electrons. The molecule has 0 N–H and O–H groups in total. The third-order valence-corrected chi connectivity index (χ3v) is 5.27. The van der Waals surface area contributed by atoms with Crippen LogP contribution in [-0.4, -0.2) is 5.78 Å². The molecule has 0 unspecified atom stereocenters. The van der Waals surface area contributed by atoms with Gasteiger partial charge in [0, 0.05) is 21.7 Å². The molecule has 4 rings (SSSR count). The molecule has 0 atom stereocenters. The lowest BCUT2D eigenvalue weighted by molar-refractivity contribution is 0.101. The topological polar surface area (TPSA) is 35.5 Å². The molecule has 3 nitrogen and oxygen atoms in total. The third kappa shape index (κ3) is 3.64. The fourth-order valence-electron chi connectivity index (χ4n) is 2.97. The second kappa shape index (κ2) is 7.70. The average Bonchev–Trinajstić information content (AvgIpc) is 2.98. The molecule has 0 bridgehead atoms. The van der Waals surface area contributed by atoms with Gasteiger partial charge in [0.1, 0.15) is 18.1 Å². The number of aryl methyl sites for hydroxylation is 1. The summed E-state index contributed by atoms with van der Waals surface area (Å²) in [6.45, 7) is 2.21. The van der Waals surface area contributed by atoms with Gasteiger partial charge < -0.3 is 9.47 Å². The van der Waals surface area contributed by atoms with Gasteiger partial charge >= 0.3 is 0 Å². The van der Waals surface area contributed by atoms with Gasteiger partial charge in [0.05, 0.1) is 5.56 Å². The van der Waals surface area contributed by atoms with Crippen LogP contribution in [0.5, 0.6) is 11.5 Å². The van der Waals surface area contributed by atoms with Crippen LogP contribution >= 0.6 is 23.2 Å². The van der Waals surface area contributed by atoms with Gasteiger partial charge in [-0.05, 0) is 48.4 Å². The van der Waals surface area contributed by atoms with Crippen molar-refractivity contribution < 1.29 is 14.3 Å². The van der Waals surface area contributed by atoms with E-state index in [2.05, 4.69) is 0 Å². The van der Waals surface area contributed by atoms with Crippen LogP contribution in [0.15, 0.2) is 66.4 Å². The van der Waals surface area contributed by atoms with Crippen LogP contribution in [0.25, 0.3) is 6.08 Å². The Kier molecular flexibility index (Phi) is 5.12. The molecule has 0 aliphatic carbocycles. The van der Waals surface area contributed by atoms with Gasteiger partial charge in [-0.2, -0.15) is 0 Å². The summed E-state index contributed by atoms with van der Waals surface area (Å²) in [6, 6.07) is 18.3. The van der Waals surface area contributed by atoms with Crippen molar-refractivity contribution in [3.63, 3.8) is 0 Å². The predicted molar refractivity (Wildman–Crippen MR) is 111 cm³/mol. The molecule has 140 valence electrons. The fourth-order valence-corrected chi connectivity index (χ4v) is 3.48. The van der Waals surface area contributed by atoms with E-state index < -0.39 is 0 Å². The predicted octanol–water partition coefficient (Wildman–Crippen LogP) is 6.50. The number of carbonyl (C=O) groups excluding carboxylic acids is 1. The molecule has 0 aromatic heterocycles. The van der Waals surface area contributed by atoms with Gasteiger partial charge in [-0.3, -0.25) is 4.79 Å². The Morgan fingerprint density at radius 1 is 1.00 bits per heavy atom. The summed E-state index contributed by atoms with van der Waals surface area (Å²) in [5.74, 6) is 1.21. The van der Waals surface area contributed by atoms with Crippen molar-refractivity contribution >= 4 is 35.1 Å². The van der Waals surface area contributed by atoms with E-state index >= 15 is 0 Å². The second-order valence-corrected chi connectivity index (χ2v) is 7.26. The molecule has 5 heteroatoms. The zero-order valence-corrected chi connectivity index (χ0v) is 16.6. The van der Waals surface area contributed by atoms with Crippen molar-refractivity contribution in [2.24, 2.45) is 0 Å². The Hall–Kier alpha value is -2.75. The first-order valence-corrected chi connectivity index (χ1v) is 9.48. The zero-order chi connectivity index (χ0) is 19.7. The van der Waals surface area contributed by atoms with Crippen LogP contribution in [0.2, 0.25) is 10.0 Å². The first kappa shape index (κ1) is 18.6. The van der Waals surface area contributed by atoms with Crippen molar-refractivity contribution in [3.05, 3.63) is 98.7 Å². The standard InChI is InChI=1S/C23H16Cl2O3/c1-14-5-2-3-6-15(14)11-22-23(26)17-10-9-16(12-21(17)28-22)27-13-18-19(24)7-4-8-20(18)25/h2-12H,13H2,1H3/b22-11+. The molecule has 0 saturated heterocycles. The fraction of sp³-hybridized carbons (Fsp3) is 0.0870. The Morgan fingerprint density at radius 3 is 2.50 bits per heavy atom. The molecule has 28 heavy (non-hydrogen) atoms. The molecular formula is C23H16Cl2O3. The molecule has 0 fully saturated rings. The van der Waals surface area contributed by atoms with Crippen LogP contribution in [0.1, 0.15) is 27.0 Å². The summed E-state index contributed by atoms with van der Waals surface area (Å²) in [6.07, 6.45) is 1.77. The summed E-state index contributed by atoms with van der Waals surface area (Å²) < 4.78 is 11.6. The molecule has 0 spiro atoms. The molecule has 3 aromatic rings. The van der Waals surface area contributed by atoms with E-state index in [-0.39, 0.29) is 12.4 Å². The normalized spacial score (nSPS) is 14.1. The Morgan fingerprint density at radius 2 is 1.75 bits per heavy atom. The minimum Gasteiger partial charge on any atom is -0.489 e. The van der Waals surface area contributed by atoms with E-state index in [0.29, 0.717) is 38.4 Å². The number of allylic oxidation sites excluding steroid dienone is 1. The second-order valence-electron chi connectivity index (χ2n) is 6.44. The number of hydrogen-bond donors (Lipinski definition) is 0. The van der Waals surface area contributed by atoms with Gasteiger partial charge in [0.2, 0.25) is 5.78 Å². The van der Waals surface area contributed by atoms with E-state index in [4.69, 9.17) is 32.7 Å². The van der Waals surface area contributed by atoms with E-state index in [0.717, 1.165) is 11.1 Å². The number of fused-ring (bicyclic) bond motifs is 1. The van der Waals surface area contributed by atoms with Gasteiger partial charge in [-0.1, -0.05) is 53.5 Å². The Labute approximate surface area is 173 Å². The molecule has 0 saturated carbocycles. The van der Waals surface area contributed by atoms with Crippen LogP contribution in [0, 0.1) is 6.92 Å². The molecule has 3 aromatic carbocycles. The number of rotatable bonds is 4. The van der Waals surface area contributed by atoms with Crippen molar-refractivity contribution in [1.82, 2.24) is 0 Å². The van der Waals surface area contributed by atoms with E-state index in [1.165, 1.54) is 0 Å². The van der Waals surface area contributed by atoms with Crippen LogP contribution < -0.4 is 9.47 Å². The highest BCUT2D eigenvalue weighted by molar-refractivity contribution is 6.35. The number of benzene rings is 3. The van der Waals surface area contributed by atoms with Gasteiger partial charge in [-0.15, -0.1) is 0 Å². The highest BCUT2D eigenvalue weighted by Crippen LogP contribution is 2.35. The summed E-state index contributed by atoms with van der Waals surface area (Å²) in [4.78, 5) is 12.6. The first-order chi connectivity index (χ1) is 13.5. The van der Waals surface area contributed by atoms with Crippen molar-refractivity contribution in [2.45, 2.75) is 13.5 Å². The number of ether oxygens (including phenoxy) is 2. The lowest BCUT2D eigenvalue weighted by Crippen LogP contribution is -1.98. The summed E-state index contributed by atoms with van der Waals surface area (Å²) in [5.41, 5.74) is 3.25. The van der Waals surface area contributed by atoms with Gasteiger partial charge in [0.25, 0.3) is 0 Å². The number of hydrogen-bond acceptors (Lipinski definition) is 3. The largest absolute Gasteiger partial charge is 0.489 e. The highest BCUT2D eigenvalue weighted by Gasteiger charge is 2.28. The molecular weight excluding hydrogens is 395 g/mol. The van der Waals surface area contributed by atoms with Crippen LogP contribution in [0.3, 0.4) is 0 Å². The minimum absolute atomic E-state index is 0.140. The summed E-state index contributed by atoms with van der Waals surface area (Å²) in [7, 11) is 0. The van der Waals surface area contributed by atoms with Crippen LogP contribution in [-0.2, 0) is 6.61 Å². The quantitative estimate of drug-likeness (QED) is 0.460. The lowest BCUT2D eigenvalue weighted by atomic mass is 10.1. The number of carbonyl (C=O) groups is 1. The van der Waals surface area contributed by atoms with E-state index in [1.54, 1.807) is 42.5 Å². The SMILES string of the molecule is Cc1ccccc1/C=C1/Oc2cc(OCc3c(Cl)cccc3Cl)ccc2C1=O. The van der Waals surface area contributed by atoms with E-state index in [9.17, 15) is 4.79 Å². The number of halogens is 2. The zero-order valence-electron chi connectivity index (χ0n) is 15.0. The van der Waals surface area contributed by atoms with Gasteiger partial charge in [0.15, 0.2) is 5.76 Å². The smallest absolute Gasteiger partial charge is 0.231 e. The maximum atomic E-state index is 12.6. The highest BCUT2D eigenvalue weighted by atomic mass is 35.5. The summed E-state index contributed by atoms with van der Waals surface area (Å²) >= 11 is 12.4. The molecule has 1 aliphatic rings. The molecule has 1 heterocycles. The summed E-state index contributed by atoms with van der Waals surface area (Å²) in [5, 5.41) is 1.09. The van der Waals surface area contributed by atoms with Crippen molar-refractivity contribution in [1.29, 1.82) is 0 Å². The average molecular weight is 411 g/mol.